The van der Waals surface area contributed by atoms with Crippen LogP contribution in [0.4, 0.5) is 4.39 Å². The first-order valence-electron chi connectivity index (χ1n) is 7.99. The van der Waals surface area contributed by atoms with E-state index in [4.69, 9.17) is 23.2 Å². The third kappa shape index (κ3) is 3.87. The molecule has 4 nitrogen and oxygen atoms in total. The maximum absolute atomic E-state index is 13.0. The lowest BCUT2D eigenvalue weighted by Gasteiger charge is -2.38. The summed E-state index contributed by atoms with van der Waals surface area (Å²) in [7, 11) is -3.57. The number of carbonyl (C=O) groups excluding carboxylic acids is 1. The minimum absolute atomic E-state index is 0.0684. The van der Waals surface area contributed by atoms with Crippen LogP contribution in [-0.4, -0.2) is 37.6 Å². The molecule has 0 unspecified atom stereocenters. The van der Waals surface area contributed by atoms with E-state index in [0.29, 0.717) is 22.0 Å². The lowest BCUT2D eigenvalue weighted by Crippen LogP contribution is -2.56. The van der Waals surface area contributed by atoms with Gasteiger partial charge in [0, 0.05) is 29.6 Å². The minimum atomic E-state index is -3.57. The molecule has 1 heterocycles. The molecule has 1 saturated heterocycles. The van der Waals surface area contributed by atoms with E-state index >= 15 is 0 Å². The van der Waals surface area contributed by atoms with Gasteiger partial charge in [0.1, 0.15) is 11.1 Å². The number of likely N-dealkylation sites (tertiary alicyclic amines) is 1. The molecule has 0 aromatic heterocycles. The van der Waals surface area contributed by atoms with Gasteiger partial charge in [-0.05, 0) is 48.4 Å². The van der Waals surface area contributed by atoms with Crippen LogP contribution in [0.3, 0.4) is 0 Å². The molecule has 2 aromatic carbocycles. The van der Waals surface area contributed by atoms with E-state index in [1.54, 1.807) is 18.2 Å². The van der Waals surface area contributed by atoms with E-state index < -0.39 is 20.9 Å². The Morgan fingerprint density at radius 3 is 2.23 bits per heavy atom. The second-order valence-corrected chi connectivity index (χ2v) is 9.16. The molecule has 2 aromatic rings. The number of benzene rings is 2. The number of hydrogen-bond donors (Lipinski definition) is 0. The molecule has 3 rings (SSSR count). The zero-order valence-corrected chi connectivity index (χ0v) is 16.0. The highest BCUT2D eigenvalue weighted by Gasteiger charge is 2.40. The van der Waals surface area contributed by atoms with Gasteiger partial charge in [0.15, 0.2) is 9.84 Å². The number of nitrogens with zero attached hydrogens (tertiary/aromatic N) is 1. The third-order valence-electron chi connectivity index (χ3n) is 4.43. The predicted molar refractivity (Wildman–Crippen MR) is 98.7 cm³/mol. The summed E-state index contributed by atoms with van der Waals surface area (Å²) in [4.78, 5) is 13.8. The fourth-order valence-corrected chi connectivity index (χ4v) is 5.06. The Labute approximate surface area is 161 Å². The zero-order valence-electron chi connectivity index (χ0n) is 13.7. The lowest BCUT2D eigenvalue weighted by molar-refractivity contribution is -0.134. The third-order valence-corrected chi connectivity index (χ3v) is 7.25. The summed E-state index contributed by atoms with van der Waals surface area (Å²) in [6, 6.07) is 9.87. The van der Waals surface area contributed by atoms with Crippen molar-refractivity contribution in [2.45, 2.75) is 23.0 Å². The van der Waals surface area contributed by atoms with Crippen LogP contribution in [0.15, 0.2) is 47.4 Å². The van der Waals surface area contributed by atoms with Crippen molar-refractivity contribution in [3.63, 3.8) is 0 Å². The van der Waals surface area contributed by atoms with Crippen LogP contribution >= 0.6 is 23.2 Å². The Balaban J connectivity index is 1.57. The summed E-state index contributed by atoms with van der Waals surface area (Å²) in [6.07, 6.45) is 0.593. The summed E-state index contributed by atoms with van der Waals surface area (Å²) in [5, 5.41) is 0.345. The van der Waals surface area contributed by atoms with E-state index in [1.165, 1.54) is 17.0 Å². The highest BCUT2D eigenvalue weighted by atomic mass is 35.5. The molecule has 0 saturated carbocycles. The summed E-state index contributed by atoms with van der Waals surface area (Å²) in [6.45, 7) is 0.267. The van der Waals surface area contributed by atoms with Crippen molar-refractivity contribution in [2.75, 3.05) is 13.1 Å². The van der Waals surface area contributed by atoms with Crippen LogP contribution in [0.2, 0.25) is 10.0 Å². The van der Waals surface area contributed by atoms with E-state index in [9.17, 15) is 17.6 Å². The second kappa shape index (κ2) is 7.55. The maximum Gasteiger partial charge on any atom is 0.222 e. The van der Waals surface area contributed by atoms with E-state index in [1.807, 2.05) is 0 Å². The SMILES string of the molecule is O=C(CCc1c(Cl)cccc1Cl)N1CC(S(=O)(=O)c2ccc(F)cc2)C1. The Morgan fingerprint density at radius 2 is 1.65 bits per heavy atom. The summed E-state index contributed by atoms with van der Waals surface area (Å²) < 4.78 is 37.9. The Kier molecular flexibility index (Phi) is 5.55. The zero-order chi connectivity index (χ0) is 18.9. The molecule has 1 amide bonds. The molecular formula is C18H16Cl2FNO3S. The molecule has 0 N–H and O–H groups in total. The summed E-state index contributed by atoms with van der Waals surface area (Å²) in [5.41, 5.74) is 0.709. The van der Waals surface area contributed by atoms with Crippen LogP contribution in [0.5, 0.6) is 0 Å². The Morgan fingerprint density at radius 1 is 1.08 bits per heavy atom. The Hall–Kier alpha value is -1.63. The lowest BCUT2D eigenvalue weighted by atomic mass is 10.1. The van der Waals surface area contributed by atoms with Crippen LogP contribution in [0, 0.1) is 5.82 Å². The quantitative estimate of drug-likeness (QED) is 0.698. The van der Waals surface area contributed by atoms with Crippen LogP contribution in [-0.2, 0) is 21.1 Å². The van der Waals surface area contributed by atoms with Gasteiger partial charge in [-0.15, -0.1) is 0 Å². The molecule has 0 aliphatic carbocycles. The molecule has 26 heavy (non-hydrogen) atoms. The van der Waals surface area contributed by atoms with Gasteiger partial charge >= 0.3 is 0 Å². The number of sulfone groups is 1. The van der Waals surface area contributed by atoms with Crippen molar-refractivity contribution in [2.24, 2.45) is 0 Å². The van der Waals surface area contributed by atoms with Crippen molar-refractivity contribution < 1.29 is 17.6 Å². The normalized spacial score (nSPS) is 15.0. The average Bonchev–Trinajstić information content (AvgIpc) is 2.53. The van der Waals surface area contributed by atoms with Crippen LogP contribution in [0.1, 0.15) is 12.0 Å². The molecule has 8 heteroatoms. The standard InChI is InChI=1S/C18H16Cl2FNO3S/c19-16-2-1-3-17(20)15(16)8-9-18(23)22-10-14(11-22)26(24,25)13-6-4-12(21)5-7-13/h1-7,14H,8-11H2. The monoisotopic (exact) mass is 415 g/mol. The number of hydrogen-bond acceptors (Lipinski definition) is 3. The van der Waals surface area contributed by atoms with E-state index in [-0.39, 0.29) is 30.3 Å². The molecule has 1 fully saturated rings. The first kappa shape index (κ1) is 19.1. The maximum atomic E-state index is 13.0. The first-order chi connectivity index (χ1) is 12.3. The molecule has 0 radical (unpaired) electrons. The molecule has 0 bridgehead atoms. The van der Waals surface area contributed by atoms with Crippen LogP contribution < -0.4 is 0 Å². The molecule has 1 aliphatic heterocycles. The fourth-order valence-electron chi connectivity index (χ4n) is 2.82. The van der Waals surface area contributed by atoms with Crippen molar-refractivity contribution in [1.29, 1.82) is 0 Å². The summed E-state index contributed by atoms with van der Waals surface area (Å²) >= 11 is 12.2. The molecular weight excluding hydrogens is 400 g/mol. The molecule has 138 valence electrons. The molecule has 0 spiro atoms. The fraction of sp³-hybridized carbons (Fsp3) is 0.278. The van der Waals surface area contributed by atoms with E-state index in [2.05, 4.69) is 0 Å². The van der Waals surface area contributed by atoms with Gasteiger partial charge in [0.05, 0.1) is 4.90 Å². The molecule has 1 aliphatic rings. The van der Waals surface area contributed by atoms with Gasteiger partial charge in [0.25, 0.3) is 0 Å². The van der Waals surface area contributed by atoms with Gasteiger partial charge in [-0.3, -0.25) is 4.79 Å². The van der Waals surface area contributed by atoms with Crippen LogP contribution in [0.25, 0.3) is 0 Å². The first-order valence-corrected chi connectivity index (χ1v) is 10.3. The van der Waals surface area contributed by atoms with Gasteiger partial charge in [-0.1, -0.05) is 29.3 Å². The number of carbonyl (C=O) groups is 1. The minimum Gasteiger partial charge on any atom is -0.340 e. The van der Waals surface area contributed by atoms with Gasteiger partial charge in [0.2, 0.25) is 5.91 Å². The number of halogens is 3. The van der Waals surface area contributed by atoms with E-state index in [0.717, 1.165) is 12.1 Å². The van der Waals surface area contributed by atoms with Gasteiger partial charge in [-0.2, -0.15) is 0 Å². The van der Waals surface area contributed by atoms with Crippen molar-refractivity contribution in [3.8, 4) is 0 Å². The van der Waals surface area contributed by atoms with Gasteiger partial charge < -0.3 is 4.90 Å². The van der Waals surface area contributed by atoms with Crippen molar-refractivity contribution in [1.82, 2.24) is 4.90 Å². The predicted octanol–water partition coefficient (Wildman–Crippen LogP) is 3.75. The topological polar surface area (TPSA) is 54.5 Å². The molecule has 0 atom stereocenters. The van der Waals surface area contributed by atoms with Crippen molar-refractivity contribution >= 4 is 38.9 Å². The largest absolute Gasteiger partial charge is 0.340 e. The number of amides is 1. The number of rotatable bonds is 5. The second-order valence-electron chi connectivity index (χ2n) is 6.12. The van der Waals surface area contributed by atoms with Crippen molar-refractivity contribution in [3.05, 3.63) is 63.9 Å². The highest BCUT2D eigenvalue weighted by Crippen LogP contribution is 2.27. The van der Waals surface area contributed by atoms with Gasteiger partial charge in [-0.25, -0.2) is 12.8 Å². The average molecular weight is 416 g/mol. The highest BCUT2D eigenvalue weighted by molar-refractivity contribution is 7.92. The smallest absolute Gasteiger partial charge is 0.222 e. The Bertz CT molecular complexity index is 906. The summed E-state index contributed by atoms with van der Waals surface area (Å²) in [5.74, 6) is -0.640.